The van der Waals surface area contributed by atoms with Gasteiger partial charge in [0.1, 0.15) is 11.6 Å². The molecule has 0 aliphatic rings. The lowest BCUT2D eigenvalue weighted by atomic mass is 9.95. The molecule has 0 heterocycles. The number of halogens is 2. The summed E-state index contributed by atoms with van der Waals surface area (Å²) >= 11 is 0. The molecule has 0 aliphatic carbocycles. The average Bonchev–Trinajstić information content (AvgIpc) is 2.20. The monoisotopic (exact) mass is 244 g/mol. The number of hydrogen-bond acceptors (Lipinski definition) is 2. The van der Waals surface area contributed by atoms with E-state index in [1.165, 1.54) is 6.92 Å². The van der Waals surface area contributed by atoms with E-state index < -0.39 is 29.3 Å². The number of hydrogen-bond donors (Lipinski definition) is 1. The molecule has 5 heteroatoms. The largest absolute Gasteiger partial charge is 0.479 e. The van der Waals surface area contributed by atoms with E-state index in [0.29, 0.717) is 0 Å². The maximum atomic E-state index is 13.6. The zero-order chi connectivity index (χ0) is 13.2. The Morgan fingerprint density at radius 2 is 2.00 bits per heavy atom. The van der Waals surface area contributed by atoms with Gasteiger partial charge in [-0.05, 0) is 39.0 Å². The van der Waals surface area contributed by atoms with Crippen LogP contribution in [0.1, 0.15) is 26.3 Å². The Balaban J connectivity index is 3.31. The van der Waals surface area contributed by atoms with Crippen LogP contribution in [0, 0.1) is 11.6 Å². The number of carboxylic acid groups (broad SMARTS) is 1. The Bertz CT molecular complexity index is 432. The first kappa shape index (κ1) is 13.6. The van der Waals surface area contributed by atoms with E-state index in [9.17, 15) is 13.6 Å². The molecule has 0 bridgehead atoms. The maximum absolute atomic E-state index is 13.6. The zero-order valence-corrected chi connectivity index (χ0v) is 9.83. The van der Waals surface area contributed by atoms with Crippen molar-refractivity contribution in [1.29, 1.82) is 0 Å². The van der Waals surface area contributed by atoms with Gasteiger partial charge in [0, 0.05) is 5.56 Å². The highest BCUT2D eigenvalue weighted by Crippen LogP contribution is 2.30. The molecule has 1 aromatic rings. The molecule has 0 saturated carbocycles. The van der Waals surface area contributed by atoms with Crippen LogP contribution < -0.4 is 0 Å². The Hall–Kier alpha value is -1.49. The number of benzene rings is 1. The predicted molar refractivity (Wildman–Crippen MR) is 57.6 cm³/mol. The third-order valence-electron chi connectivity index (χ3n) is 2.32. The Morgan fingerprint density at radius 1 is 1.41 bits per heavy atom. The molecule has 3 nitrogen and oxygen atoms in total. The van der Waals surface area contributed by atoms with Gasteiger partial charge in [-0.15, -0.1) is 0 Å². The summed E-state index contributed by atoms with van der Waals surface area (Å²) in [6, 6.07) is 2.65. The molecule has 1 rings (SSSR count). The molecule has 1 unspecified atom stereocenters. The molecular weight excluding hydrogens is 230 g/mol. The highest BCUT2D eigenvalue weighted by molar-refractivity contribution is 5.79. The standard InChI is InChI=1S/C12H14F2O3/c1-7(2)17-12(3,11(15)16)9-6-8(13)4-5-10(9)14/h4-7H,1-3H3,(H,15,16). The fourth-order valence-corrected chi connectivity index (χ4v) is 1.56. The second-order valence-electron chi connectivity index (χ2n) is 4.13. The number of carboxylic acids is 1. The van der Waals surface area contributed by atoms with Crippen molar-refractivity contribution in [1.82, 2.24) is 0 Å². The first-order valence-electron chi connectivity index (χ1n) is 5.14. The Kier molecular flexibility index (Phi) is 3.83. The van der Waals surface area contributed by atoms with Gasteiger partial charge in [-0.3, -0.25) is 0 Å². The van der Waals surface area contributed by atoms with Gasteiger partial charge in [0.15, 0.2) is 5.60 Å². The highest BCUT2D eigenvalue weighted by atomic mass is 19.1. The van der Waals surface area contributed by atoms with E-state index in [1.54, 1.807) is 13.8 Å². The van der Waals surface area contributed by atoms with Crippen LogP contribution in [0.5, 0.6) is 0 Å². The zero-order valence-electron chi connectivity index (χ0n) is 9.83. The fourth-order valence-electron chi connectivity index (χ4n) is 1.56. The molecule has 0 spiro atoms. The molecule has 0 amide bonds. The van der Waals surface area contributed by atoms with E-state index in [0.717, 1.165) is 18.2 Å². The van der Waals surface area contributed by atoms with Crippen molar-refractivity contribution in [3.05, 3.63) is 35.4 Å². The molecule has 0 aliphatic heterocycles. The minimum absolute atomic E-state index is 0.321. The number of aliphatic carboxylic acids is 1. The minimum Gasteiger partial charge on any atom is -0.479 e. The van der Waals surface area contributed by atoms with Gasteiger partial charge in [-0.2, -0.15) is 0 Å². The van der Waals surface area contributed by atoms with E-state index in [-0.39, 0.29) is 5.56 Å². The fraction of sp³-hybridized carbons (Fsp3) is 0.417. The summed E-state index contributed by atoms with van der Waals surface area (Å²) in [5.41, 5.74) is -2.22. The number of carbonyl (C=O) groups is 1. The maximum Gasteiger partial charge on any atom is 0.340 e. The van der Waals surface area contributed by atoms with Crippen LogP contribution >= 0.6 is 0 Å². The lowest BCUT2D eigenvalue weighted by Crippen LogP contribution is -2.38. The van der Waals surface area contributed by atoms with Crippen LogP contribution in [-0.4, -0.2) is 17.2 Å². The first-order valence-corrected chi connectivity index (χ1v) is 5.14. The molecule has 0 saturated heterocycles. The lowest BCUT2D eigenvalue weighted by molar-refractivity contribution is -0.171. The van der Waals surface area contributed by atoms with Crippen LogP contribution in [0.4, 0.5) is 8.78 Å². The Labute approximate surface area is 98.0 Å². The molecule has 1 N–H and O–H groups in total. The van der Waals surface area contributed by atoms with Crippen LogP contribution in [-0.2, 0) is 15.1 Å². The summed E-state index contributed by atoms with van der Waals surface area (Å²) in [5, 5.41) is 9.14. The predicted octanol–water partition coefficient (Wildman–Crippen LogP) is 2.69. The van der Waals surface area contributed by atoms with Crippen molar-refractivity contribution in [2.24, 2.45) is 0 Å². The lowest BCUT2D eigenvalue weighted by Gasteiger charge is -2.28. The third kappa shape index (κ3) is 2.79. The Morgan fingerprint density at radius 3 is 2.47 bits per heavy atom. The van der Waals surface area contributed by atoms with Crippen molar-refractivity contribution in [2.75, 3.05) is 0 Å². The summed E-state index contributed by atoms with van der Waals surface area (Å²) in [7, 11) is 0. The highest BCUT2D eigenvalue weighted by Gasteiger charge is 2.40. The molecular formula is C12H14F2O3. The summed E-state index contributed by atoms with van der Waals surface area (Å²) in [5.74, 6) is -2.88. The van der Waals surface area contributed by atoms with Gasteiger partial charge in [-0.25, -0.2) is 13.6 Å². The topological polar surface area (TPSA) is 46.5 Å². The van der Waals surface area contributed by atoms with Crippen molar-refractivity contribution >= 4 is 5.97 Å². The van der Waals surface area contributed by atoms with Crippen molar-refractivity contribution in [3.8, 4) is 0 Å². The van der Waals surface area contributed by atoms with Crippen LogP contribution in [0.25, 0.3) is 0 Å². The molecule has 0 aromatic heterocycles. The van der Waals surface area contributed by atoms with Gasteiger partial charge < -0.3 is 9.84 Å². The van der Waals surface area contributed by atoms with E-state index >= 15 is 0 Å². The second kappa shape index (κ2) is 4.79. The van der Waals surface area contributed by atoms with E-state index in [4.69, 9.17) is 9.84 Å². The summed E-state index contributed by atoms with van der Waals surface area (Å²) in [6.45, 7) is 4.45. The van der Waals surface area contributed by atoms with Crippen LogP contribution in [0.2, 0.25) is 0 Å². The summed E-state index contributed by atoms with van der Waals surface area (Å²) in [4.78, 5) is 11.2. The van der Waals surface area contributed by atoms with Gasteiger partial charge in [0.25, 0.3) is 0 Å². The molecule has 1 aromatic carbocycles. The van der Waals surface area contributed by atoms with Crippen LogP contribution in [0.15, 0.2) is 18.2 Å². The van der Waals surface area contributed by atoms with Crippen molar-refractivity contribution in [2.45, 2.75) is 32.5 Å². The normalized spacial score (nSPS) is 14.7. The smallest absolute Gasteiger partial charge is 0.340 e. The minimum atomic E-state index is -1.90. The SMILES string of the molecule is CC(C)OC(C)(C(=O)O)c1cc(F)ccc1F. The number of ether oxygens (including phenoxy) is 1. The van der Waals surface area contributed by atoms with Gasteiger partial charge in [-0.1, -0.05) is 0 Å². The summed E-state index contributed by atoms with van der Waals surface area (Å²) in [6.07, 6.45) is -0.432. The molecule has 0 fully saturated rings. The summed E-state index contributed by atoms with van der Waals surface area (Å²) < 4.78 is 31.8. The van der Waals surface area contributed by atoms with E-state index in [1.807, 2.05) is 0 Å². The number of rotatable bonds is 4. The van der Waals surface area contributed by atoms with Crippen molar-refractivity contribution < 1.29 is 23.4 Å². The van der Waals surface area contributed by atoms with E-state index in [2.05, 4.69) is 0 Å². The second-order valence-corrected chi connectivity index (χ2v) is 4.13. The van der Waals surface area contributed by atoms with Gasteiger partial charge in [0.05, 0.1) is 6.10 Å². The van der Waals surface area contributed by atoms with Gasteiger partial charge in [0.2, 0.25) is 0 Å². The molecule has 94 valence electrons. The quantitative estimate of drug-likeness (QED) is 0.885. The first-order chi connectivity index (χ1) is 7.77. The molecule has 1 atom stereocenters. The third-order valence-corrected chi connectivity index (χ3v) is 2.32. The van der Waals surface area contributed by atoms with Crippen LogP contribution in [0.3, 0.4) is 0 Å². The van der Waals surface area contributed by atoms with Gasteiger partial charge >= 0.3 is 5.97 Å². The average molecular weight is 244 g/mol. The molecule has 0 radical (unpaired) electrons. The van der Waals surface area contributed by atoms with Crippen molar-refractivity contribution in [3.63, 3.8) is 0 Å². The molecule has 17 heavy (non-hydrogen) atoms.